The molecule has 1 N–H and O–H groups in total. The molecule has 0 radical (unpaired) electrons. The summed E-state index contributed by atoms with van der Waals surface area (Å²) in [4.78, 5) is 9.80. The minimum absolute atomic E-state index is 0.0489. The largest absolute Gasteiger partial charge is 0.507 e. The number of pyridine rings is 1. The molecule has 0 unspecified atom stereocenters. The number of fused-ring (bicyclic) bond motifs is 1. The molecular formula is C61H51N3O. The van der Waals surface area contributed by atoms with E-state index in [1.165, 1.54) is 0 Å². The van der Waals surface area contributed by atoms with E-state index in [4.69, 9.17) is 26.9 Å². The highest BCUT2D eigenvalue weighted by atomic mass is 16.3. The van der Waals surface area contributed by atoms with E-state index in [1.807, 2.05) is 145 Å². The van der Waals surface area contributed by atoms with Crippen LogP contribution < -0.4 is 0 Å². The Labute approximate surface area is 408 Å². The summed E-state index contributed by atoms with van der Waals surface area (Å²) >= 11 is 0. The molecular weight excluding hydrogens is 791 g/mol. The van der Waals surface area contributed by atoms with Crippen LogP contribution in [0.3, 0.4) is 0 Å². The number of benzene rings is 8. The summed E-state index contributed by atoms with van der Waals surface area (Å²) in [6.07, 6.45) is -0.780. The van der Waals surface area contributed by atoms with Crippen molar-refractivity contribution < 1.29 is 31.2 Å². The Morgan fingerprint density at radius 1 is 0.538 bits per heavy atom. The minimum atomic E-state index is -3.95. The van der Waals surface area contributed by atoms with Crippen molar-refractivity contribution in [2.45, 2.75) is 46.7 Å². The zero-order chi connectivity index (χ0) is 60.9. The van der Waals surface area contributed by atoms with E-state index in [0.717, 1.165) is 5.56 Å². The lowest BCUT2D eigenvalue weighted by Gasteiger charge is -2.19. The number of para-hydroxylation sites is 1. The van der Waals surface area contributed by atoms with E-state index in [1.54, 1.807) is 25.1 Å². The maximum Gasteiger partial charge on any atom is 0.149 e. The van der Waals surface area contributed by atoms with Crippen LogP contribution in [0.5, 0.6) is 5.75 Å². The smallest absolute Gasteiger partial charge is 0.149 e. The van der Waals surface area contributed by atoms with Gasteiger partial charge in [0, 0.05) is 39.3 Å². The van der Waals surface area contributed by atoms with Crippen LogP contribution >= 0.6 is 0 Å². The summed E-state index contributed by atoms with van der Waals surface area (Å²) in [5.41, 5.74) is 0.885. The maximum atomic E-state index is 12.0. The summed E-state index contributed by atoms with van der Waals surface area (Å²) in [5, 5.41) is 12.0. The van der Waals surface area contributed by atoms with Crippen LogP contribution in [0.2, 0.25) is 0 Å². The lowest BCUT2D eigenvalue weighted by atomic mass is 9.86. The highest BCUT2D eigenvalue weighted by Crippen LogP contribution is 2.44. The van der Waals surface area contributed by atoms with Gasteiger partial charge in [0.25, 0.3) is 0 Å². The molecule has 0 saturated heterocycles. The van der Waals surface area contributed by atoms with Crippen molar-refractivity contribution in [2.24, 2.45) is 0 Å². The Morgan fingerprint density at radius 3 is 1.89 bits per heavy atom. The number of aryl methyl sites for hydroxylation is 3. The fourth-order valence-electron chi connectivity index (χ4n) is 8.29. The zero-order valence-electron chi connectivity index (χ0n) is 54.2. The monoisotopic (exact) mass is 861 g/mol. The van der Waals surface area contributed by atoms with Crippen LogP contribution in [0.4, 0.5) is 0 Å². The molecule has 4 nitrogen and oxygen atoms in total. The quantitative estimate of drug-likeness (QED) is 0.166. The van der Waals surface area contributed by atoms with Crippen LogP contribution in [-0.4, -0.2) is 19.6 Å². The van der Waals surface area contributed by atoms with E-state index in [-0.39, 0.29) is 22.6 Å². The Hall–Kier alpha value is -7.82. The van der Waals surface area contributed by atoms with Crippen molar-refractivity contribution in [3.05, 3.63) is 216 Å². The van der Waals surface area contributed by atoms with Gasteiger partial charge >= 0.3 is 0 Å². The lowest BCUT2D eigenvalue weighted by Crippen LogP contribution is -2.10. The first-order valence-corrected chi connectivity index (χ1v) is 20.8. The molecule has 0 aliphatic heterocycles. The highest BCUT2D eigenvalue weighted by Gasteiger charge is 2.24. The van der Waals surface area contributed by atoms with Gasteiger partial charge in [0.2, 0.25) is 0 Å². The first-order chi connectivity index (χ1) is 39.4. The van der Waals surface area contributed by atoms with Crippen LogP contribution in [0.1, 0.15) is 68.9 Å². The average Bonchev–Trinajstić information content (AvgIpc) is 1.03. The Morgan fingerprint density at radius 2 is 1.20 bits per heavy atom. The van der Waals surface area contributed by atoms with Gasteiger partial charge in [-0.2, -0.15) is 0 Å². The number of aromatic nitrogens is 3. The highest BCUT2D eigenvalue weighted by molar-refractivity contribution is 5.99. The number of hydrogen-bond donors (Lipinski definition) is 1. The second-order valence-corrected chi connectivity index (χ2v) is 15.9. The molecule has 0 bridgehead atoms. The van der Waals surface area contributed by atoms with Crippen molar-refractivity contribution in [2.75, 3.05) is 0 Å². The van der Waals surface area contributed by atoms with Crippen LogP contribution in [-0.2, 0) is 5.41 Å². The van der Waals surface area contributed by atoms with E-state index in [2.05, 4.69) is 4.98 Å². The molecule has 10 aromatic rings. The van der Waals surface area contributed by atoms with Crippen molar-refractivity contribution in [1.29, 1.82) is 0 Å². The molecule has 2 heterocycles. The molecule has 0 spiro atoms. The molecule has 0 atom stereocenters. The minimum Gasteiger partial charge on any atom is -0.507 e. The van der Waals surface area contributed by atoms with Crippen molar-refractivity contribution in [3.63, 3.8) is 0 Å². The predicted octanol–water partition coefficient (Wildman–Crippen LogP) is 16.0. The van der Waals surface area contributed by atoms with Gasteiger partial charge in [-0.1, -0.05) is 154 Å². The summed E-state index contributed by atoms with van der Waals surface area (Å²) in [7, 11) is 0. The van der Waals surface area contributed by atoms with Crippen molar-refractivity contribution in [3.8, 4) is 89.7 Å². The van der Waals surface area contributed by atoms with Gasteiger partial charge in [-0.25, -0.2) is 4.98 Å². The number of imidazole rings is 1. The summed E-state index contributed by atoms with van der Waals surface area (Å²) in [6.45, 7) is -10.8. The molecule has 8 aromatic carbocycles. The molecule has 316 valence electrons. The number of phenols is 1. The molecule has 2 aromatic heterocycles. The molecule has 0 aliphatic rings. The molecule has 0 saturated carbocycles. The van der Waals surface area contributed by atoms with Gasteiger partial charge < -0.3 is 5.11 Å². The van der Waals surface area contributed by atoms with E-state index < -0.39 is 91.9 Å². The van der Waals surface area contributed by atoms with E-state index in [9.17, 15) is 9.22 Å². The first kappa shape index (κ1) is 24.9. The Balaban J connectivity index is 1.28. The number of hydrogen-bond acceptors (Lipinski definition) is 3. The maximum absolute atomic E-state index is 12.0. The number of phenolic OH excluding ortho intramolecular Hbond substituents is 1. The lowest BCUT2D eigenvalue weighted by molar-refractivity contribution is 0.472. The molecule has 10 rings (SSSR count). The third kappa shape index (κ3) is 7.93. The van der Waals surface area contributed by atoms with Crippen molar-refractivity contribution in [1.82, 2.24) is 14.5 Å². The second-order valence-electron chi connectivity index (χ2n) is 15.9. The number of rotatable bonds is 8. The fraction of sp³-hybridized carbons (Fsp3) is 0.115. The topological polar surface area (TPSA) is 50.9 Å². The molecule has 65 heavy (non-hydrogen) atoms. The number of aromatic hydroxyl groups is 1. The van der Waals surface area contributed by atoms with E-state index >= 15 is 0 Å². The van der Waals surface area contributed by atoms with Gasteiger partial charge in [-0.3, -0.25) is 9.55 Å². The third-order valence-electron chi connectivity index (χ3n) is 11.4. The van der Waals surface area contributed by atoms with Gasteiger partial charge in [0.05, 0.1) is 37.6 Å². The number of nitrogens with zero attached hydrogens (tertiary/aromatic N) is 3. The van der Waals surface area contributed by atoms with Crippen molar-refractivity contribution >= 4 is 11.0 Å². The molecule has 0 aliphatic carbocycles. The molecule has 0 fully saturated rings. The van der Waals surface area contributed by atoms with Gasteiger partial charge in [0.1, 0.15) is 11.6 Å². The average molecular weight is 861 g/mol. The van der Waals surface area contributed by atoms with Gasteiger partial charge in [-0.05, 0) is 147 Å². The fourth-order valence-corrected chi connectivity index (χ4v) is 8.29. The Kier molecular flexibility index (Phi) is 6.39. The van der Waals surface area contributed by atoms with Crippen LogP contribution in [0.15, 0.2) is 194 Å². The Bertz CT molecular complexity index is 4180. The van der Waals surface area contributed by atoms with E-state index in [0.29, 0.717) is 78.2 Å². The molecule has 4 heteroatoms. The summed E-state index contributed by atoms with van der Waals surface area (Å²) < 4.78 is 167. The van der Waals surface area contributed by atoms with Gasteiger partial charge in [-0.15, -0.1) is 0 Å². The van der Waals surface area contributed by atoms with Crippen LogP contribution in [0.25, 0.3) is 95.0 Å². The molecule has 0 amide bonds. The zero-order valence-corrected chi connectivity index (χ0v) is 35.2. The van der Waals surface area contributed by atoms with Gasteiger partial charge in [0.15, 0.2) is 0 Å². The second kappa shape index (κ2) is 16.7. The summed E-state index contributed by atoms with van der Waals surface area (Å²) in [6, 6.07) is 38.9. The third-order valence-corrected chi connectivity index (χ3v) is 11.4. The van der Waals surface area contributed by atoms with Crippen LogP contribution in [0, 0.1) is 20.7 Å². The SMILES string of the molecule is [2H]c1nc(-c2cc(-c3ccccc3)cc(-c3cccc4c3nc(-c3cc(C)cc(C)c3O)n4-c3cc(-c4ccccc4)c(C([2H])([2H])[2H])cc3-c3ccccc3)c2)c([2H])c(-c2c([2H])c([2H])c(C(C([2H])([2H])[2H])(C([2H])([2H])[2H])C([2H])([2H])[2H])c([2H])c2[2H])c1[2H]. The standard InChI is InChI=1S/C61H51N3O/c1-39-31-41(3)59(65)54(32-39)60-63-58-51(23-16-24-56(58)64(60)57-38-52(44-19-12-8-13-20-44)40(2)33-53(57)45-21-14-9-15-22-45)48-34-47(42-17-10-7-11-18-42)35-49(36-48)55-37-46(29-30-62-55)43-25-27-50(28-26-43)61(4,5)6/h7-38,65H,1-6H3/i2D3,4D3,5D3,6D3,25D,26D,27D,28D,29D,30D,37D. The first-order valence-electron chi connectivity index (χ1n) is 30.3. The normalized spacial score (nSPS) is 16.6. The predicted molar refractivity (Wildman–Crippen MR) is 271 cm³/mol. The summed E-state index contributed by atoms with van der Waals surface area (Å²) in [5.74, 6) is 0.246.